The first kappa shape index (κ1) is 12.6. The summed E-state index contributed by atoms with van der Waals surface area (Å²) in [6.07, 6.45) is 1.02. The van der Waals surface area contributed by atoms with Crippen LogP contribution in [-0.2, 0) is 6.42 Å². The van der Waals surface area contributed by atoms with Gasteiger partial charge in [0, 0.05) is 17.2 Å². The lowest BCUT2D eigenvalue weighted by Gasteiger charge is -2.29. The first-order valence-electron chi connectivity index (χ1n) is 6.69. The molecule has 2 nitrogen and oxygen atoms in total. The summed E-state index contributed by atoms with van der Waals surface area (Å²) < 4.78 is 0. The molecule has 0 aliphatic heterocycles. The summed E-state index contributed by atoms with van der Waals surface area (Å²) in [5, 5.41) is 0.613. The third kappa shape index (κ3) is 2.04. The normalized spacial score (nSPS) is 17.2. The highest BCUT2D eigenvalue weighted by Crippen LogP contribution is 2.39. The van der Waals surface area contributed by atoms with Crippen LogP contribution in [0.3, 0.4) is 0 Å². The van der Waals surface area contributed by atoms with Crippen LogP contribution < -0.4 is 0 Å². The lowest BCUT2D eigenvalue weighted by Crippen LogP contribution is -2.21. The van der Waals surface area contributed by atoms with Gasteiger partial charge in [0.25, 0.3) is 0 Å². The average molecular weight is 273 g/mol. The summed E-state index contributed by atoms with van der Waals surface area (Å²) in [5.41, 5.74) is 4.82. The molecule has 1 unspecified atom stereocenters. The second kappa shape index (κ2) is 4.61. The number of aromatic nitrogens is 2. The predicted octanol–water partition coefficient (Wildman–Crippen LogP) is 4.25. The van der Waals surface area contributed by atoms with Crippen LogP contribution in [0.4, 0.5) is 0 Å². The number of nitrogens with zero attached hydrogens (tertiary/aromatic N) is 2. The molecule has 0 amide bonds. The van der Waals surface area contributed by atoms with Gasteiger partial charge in [-0.15, -0.1) is 0 Å². The molecule has 2 aromatic rings. The van der Waals surface area contributed by atoms with Gasteiger partial charge in [0.05, 0.1) is 0 Å². The molecule has 0 radical (unpaired) electrons. The van der Waals surface area contributed by atoms with Crippen molar-refractivity contribution < 1.29 is 0 Å². The fraction of sp³-hybridized carbons (Fsp3) is 0.375. The number of halogens is 1. The number of hydrogen-bond donors (Lipinski definition) is 0. The van der Waals surface area contributed by atoms with Crippen LogP contribution in [0, 0.1) is 6.92 Å². The van der Waals surface area contributed by atoms with Gasteiger partial charge in [-0.3, -0.25) is 0 Å². The first-order chi connectivity index (χ1) is 9.08. The average Bonchev–Trinajstić information content (AvgIpc) is 2.29. The number of rotatable bonds is 2. The Kier molecular flexibility index (Phi) is 3.06. The van der Waals surface area contributed by atoms with Gasteiger partial charge in [-0.05, 0) is 30.4 Å². The van der Waals surface area contributed by atoms with Gasteiger partial charge in [0.15, 0.2) is 0 Å². The Morgan fingerprint density at radius 3 is 2.58 bits per heavy atom. The van der Waals surface area contributed by atoms with Gasteiger partial charge in [0.2, 0.25) is 0 Å². The minimum Gasteiger partial charge on any atom is -0.237 e. The monoisotopic (exact) mass is 272 g/mol. The van der Waals surface area contributed by atoms with Crippen LogP contribution in [0.1, 0.15) is 53.9 Å². The molecule has 19 heavy (non-hydrogen) atoms. The SMILES string of the molecule is Cc1nc(C2Cc3ccccc32)nc(Cl)c1C(C)C. The summed E-state index contributed by atoms with van der Waals surface area (Å²) in [6, 6.07) is 8.48. The van der Waals surface area contributed by atoms with E-state index in [2.05, 4.69) is 48.1 Å². The highest BCUT2D eigenvalue weighted by atomic mass is 35.5. The zero-order chi connectivity index (χ0) is 13.6. The van der Waals surface area contributed by atoms with Crippen molar-refractivity contribution >= 4 is 11.6 Å². The Hall–Kier alpha value is -1.41. The van der Waals surface area contributed by atoms with Crippen molar-refractivity contribution in [2.45, 2.75) is 39.0 Å². The van der Waals surface area contributed by atoms with Crippen LogP contribution in [0.2, 0.25) is 5.15 Å². The lowest BCUT2D eigenvalue weighted by atomic mass is 9.77. The van der Waals surface area contributed by atoms with Crippen LogP contribution >= 0.6 is 11.6 Å². The molecular formula is C16H17ClN2. The van der Waals surface area contributed by atoms with E-state index in [9.17, 15) is 0 Å². The minimum atomic E-state index is 0.314. The Balaban J connectivity index is 2.01. The molecule has 0 N–H and O–H groups in total. The molecule has 1 heterocycles. The largest absolute Gasteiger partial charge is 0.237 e. The van der Waals surface area contributed by atoms with Crippen molar-refractivity contribution in [2.24, 2.45) is 0 Å². The fourth-order valence-electron chi connectivity index (χ4n) is 2.87. The molecule has 98 valence electrons. The maximum absolute atomic E-state index is 6.33. The van der Waals surface area contributed by atoms with Gasteiger partial charge < -0.3 is 0 Å². The van der Waals surface area contributed by atoms with Gasteiger partial charge in [0.1, 0.15) is 11.0 Å². The first-order valence-corrected chi connectivity index (χ1v) is 7.07. The number of fused-ring (bicyclic) bond motifs is 1. The third-order valence-electron chi connectivity index (χ3n) is 3.85. The molecule has 1 atom stereocenters. The van der Waals surface area contributed by atoms with E-state index in [0.29, 0.717) is 17.0 Å². The van der Waals surface area contributed by atoms with E-state index in [0.717, 1.165) is 23.5 Å². The minimum absolute atomic E-state index is 0.314. The van der Waals surface area contributed by atoms with Crippen LogP contribution in [-0.4, -0.2) is 9.97 Å². The zero-order valence-electron chi connectivity index (χ0n) is 11.4. The van der Waals surface area contributed by atoms with E-state index in [4.69, 9.17) is 11.6 Å². The highest BCUT2D eigenvalue weighted by molar-refractivity contribution is 6.30. The van der Waals surface area contributed by atoms with E-state index in [1.807, 2.05) is 6.92 Å². The summed E-state index contributed by atoms with van der Waals surface area (Å²) in [5.74, 6) is 1.54. The molecule has 0 fully saturated rings. The molecule has 1 aliphatic carbocycles. The number of hydrogen-bond acceptors (Lipinski definition) is 2. The Morgan fingerprint density at radius 2 is 1.95 bits per heavy atom. The van der Waals surface area contributed by atoms with Gasteiger partial charge >= 0.3 is 0 Å². The smallest absolute Gasteiger partial charge is 0.138 e. The van der Waals surface area contributed by atoms with Crippen molar-refractivity contribution in [3.8, 4) is 0 Å². The quantitative estimate of drug-likeness (QED) is 0.764. The van der Waals surface area contributed by atoms with E-state index in [-0.39, 0.29) is 0 Å². The molecule has 3 rings (SSSR count). The van der Waals surface area contributed by atoms with Gasteiger partial charge in [-0.1, -0.05) is 49.7 Å². The van der Waals surface area contributed by atoms with Crippen molar-refractivity contribution in [2.75, 3.05) is 0 Å². The second-order valence-corrected chi connectivity index (χ2v) is 5.84. The summed E-state index contributed by atoms with van der Waals surface area (Å²) >= 11 is 6.33. The third-order valence-corrected chi connectivity index (χ3v) is 4.14. The van der Waals surface area contributed by atoms with E-state index in [1.165, 1.54) is 11.1 Å². The predicted molar refractivity (Wildman–Crippen MR) is 77.9 cm³/mol. The van der Waals surface area contributed by atoms with Gasteiger partial charge in [-0.25, -0.2) is 9.97 Å². The van der Waals surface area contributed by atoms with Crippen LogP contribution in [0.25, 0.3) is 0 Å². The van der Waals surface area contributed by atoms with Crippen molar-refractivity contribution in [3.05, 3.63) is 57.6 Å². The van der Waals surface area contributed by atoms with E-state index < -0.39 is 0 Å². The molecule has 0 spiro atoms. The number of benzene rings is 1. The fourth-order valence-corrected chi connectivity index (χ4v) is 3.31. The molecule has 1 aromatic carbocycles. The van der Waals surface area contributed by atoms with E-state index >= 15 is 0 Å². The second-order valence-electron chi connectivity index (χ2n) is 5.48. The number of aryl methyl sites for hydroxylation is 1. The van der Waals surface area contributed by atoms with Gasteiger partial charge in [-0.2, -0.15) is 0 Å². The Morgan fingerprint density at radius 1 is 1.21 bits per heavy atom. The molecule has 1 aliphatic rings. The van der Waals surface area contributed by atoms with Crippen molar-refractivity contribution in [1.29, 1.82) is 0 Å². The summed E-state index contributed by atoms with van der Waals surface area (Å²) in [6.45, 7) is 6.27. The molecular weight excluding hydrogens is 256 g/mol. The molecule has 0 saturated heterocycles. The molecule has 3 heteroatoms. The zero-order valence-corrected chi connectivity index (χ0v) is 12.2. The maximum atomic E-state index is 6.33. The Labute approximate surface area is 118 Å². The standard InChI is InChI=1S/C16H17ClN2/c1-9(2)14-10(3)18-16(19-15(14)17)13-8-11-6-4-5-7-12(11)13/h4-7,9,13H,8H2,1-3H3. The Bertz CT molecular complexity index is 611. The van der Waals surface area contributed by atoms with E-state index in [1.54, 1.807) is 0 Å². The molecule has 0 bridgehead atoms. The summed E-state index contributed by atoms with van der Waals surface area (Å²) in [4.78, 5) is 9.21. The highest BCUT2D eigenvalue weighted by Gasteiger charge is 2.30. The topological polar surface area (TPSA) is 25.8 Å². The van der Waals surface area contributed by atoms with Crippen LogP contribution in [0.5, 0.6) is 0 Å². The van der Waals surface area contributed by atoms with Crippen molar-refractivity contribution in [1.82, 2.24) is 9.97 Å². The lowest BCUT2D eigenvalue weighted by molar-refractivity contribution is 0.650. The van der Waals surface area contributed by atoms with Crippen LogP contribution in [0.15, 0.2) is 24.3 Å². The molecule has 0 saturated carbocycles. The maximum Gasteiger partial charge on any atom is 0.138 e. The van der Waals surface area contributed by atoms with Crippen molar-refractivity contribution in [3.63, 3.8) is 0 Å². The molecule has 1 aromatic heterocycles. The summed E-state index contributed by atoms with van der Waals surface area (Å²) in [7, 11) is 0.